The summed E-state index contributed by atoms with van der Waals surface area (Å²) in [5.74, 6) is 0. The molecule has 2 heteroatoms. The molecule has 86 valence electrons. The van der Waals surface area contributed by atoms with Gasteiger partial charge in [-0.25, -0.2) is 0 Å². The van der Waals surface area contributed by atoms with Crippen LogP contribution in [0.2, 0.25) is 0 Å². The van der Waals surface area contributed by atoms with Gasteiger partial charge < -0.3 is 10.1 Å². The Morgan fingerprint density at radius 3 is 2.29 bits per heavy atom. The number of rotatable bonds is 8. The van der Waals surface area contributed by atoms with E-state index in [9.17, 15) is 0 Å². The minimum absolute atomic E-state index is 0.263. The summed E-state index contributed by atoms with van der Waals surface area (Å²) < 4.78 is 5.41. The number of unbranched alkanes of at least 4 members (excludes halogenated alkanes) is 2. The Morgan fingerprint density at radius 1 is 1.00 bits per heavy atom. The van der Waals surface area contributed by atoms with Crippen molar-refractivity contribution >= 4 is 0 Å². The summed E-state index contributed by atoms with van der Waals surface area (Å²) in [6.45, 7) is 11.7. The van der Waals surface area contributed by atoms with Crippen LogP contribution in [0.4, 0.5) is 0 Å². The van der Waals surface area contributed by atoms with Gasteiger partial charge in [-0.15, -0.1) is 0 Å². The van der Waals surface area contributed by atoms with Crippen LogP contribution in [0.25, 0.3) is 0 Å². The van der Waals surface area contributed by atoms with Crippen molar-refractivity contribution in [2.45, 2.75) is 58.9 Å². The van der Waals surface area contributed by atoms with Gasteiger partial charge in [0.25, 0.3) is 0 Å². The number of hydrogen-bond acceptors (Lipinski definition) is 2. The van der Waals surface area contributed by atoms with E-state index < -0.39 is 0 Å². The lowest BCUT2D eigenvalue weighted by molar-refractivity contribution is 0.130. The van der Waals surface area contributed by atoms with Crippen LogP contribution in [0, 0.1) is 0 Å². The Balaban J connectivity index is 2.99. The lowest BCUT2D eigenvalue weighted by Crippen LogP contribution is -2.36. The minimum atomic E-state index is 0.263. The maximum Gasteiger partial charge on any atom is 0.0466 e. The molecule has 0 rings (SSSR count). The molecule has 0 saturated heterocycles. The molecular formula is C12H27NO. The fourth-order valence-corrected chi connectivity index (χ4v) is 1.22. The van der Waals surface area contributed by atoms with E-state index in [-0.39, 0.29) is 5.54 Å². The van der Waals surface area contributed by atoms with Crippen LogP contribution in [-0.4, -0.2) is 25.3 Å². The summed E-state index contributed by atoms with van der Waals surface area (Å²) in [7, 11) is 0. The van der Waals surface area contributed by atoms with Crippen LogP contribution in [-0.2, 0) is 4.74 Å². The zero-order valence-corrected chi connectivity index (χ0v) is 10.4. The van der Waals surface area contributed by atoms with Crippen LogP contribution in [0.3, 0.4) is 0 Å². The molecule has 0 aromatic heterocycles. The number of ether oxygens (including phenoxy) is 1. The van der Waals surface area contributed by atoms with Gasteiger partial charge in [-0.3, -0.25) is 0 Å². The first kappa shape index (κ1) is 13.9. The summed E-state index contributed by atoms with van der Waals surface area (Å²) in [5.41, 5.74) is 0.263. The Labute approximate surface area is 89.4 Å². The third kappa shape index (κ3) is 11.9. The molecule has 0 aliphatic rings. The van der Waals surface area contributed by atoms with E-state index >= 15 is 0 Å². The zero-order valence-electron chi connectivity index (χ0n) is 10.4. The monoisotopic (exact) mass is 201 g/mol. The lowest BCUT2D eigenvalue weighted by atomic mass is 10.1. The normalized spacial score (nSPS) is 12.0. The smallest absolute Gasteiger partial charge is 0.0466 e. The molecule has 0 aromatic carbocycles. The van der Waals surface area contributed by atoms with E-state index in [1.807, 2.05) is 0 Å². The molecule has 0 atom stereocenters. The van der Waals surface area contributed by atoms with Gasteiger partial charge in [0.2, 0.25) is 0 Å². The summed E-state index contributed by atoms with van der Waals surface area (Å²) >= 11 is 0. The number of nitrogens with one attached hydrogen (secondary N) is 1. The fourth-order valence-electron chi connectivity index (χ4n) is 1.22. The molecule has 0 fully saturated rings. The highest BCUT2D eigenvalue weighted by Gasteiger charge is 2.06. The highest BCUT2D eigenvalue weighted by Crippen LogP contribution is 2.00. The van der Waals surface area contributed by atoms with Gasteiger partial charge in [0.15, 0.2) is 0 Å². The Kier molecular flexibility index (Phi) is 8.20. The molecule has 0 aliphatic carbocycles. The van der Waals surface area contributed by atoms with E-state index in [2.05, 4.69) is 33.0 Å². The van der Waals surface area contributed by atoms with Crippen molar-refractivity contribution in [1.82, 2.24) is 5.32 Å². The van der Waals surface area contributed by atoms with Gasteiger partial charge in [-0.1, -0.05) is 6.92 Å². The third-order valence-electron chi connectivity index (χ3n) is 1.97. The molecule has 0 aromatic rings. The molecular weight excluding hydrogens is 174 g/mol. The number of hydrogen-bond donors (Lipinski definition) is 1. The van der Waals surface area contributed by atoms with Gasteiger partial charge in [0.05, 0.1) is 0 Å². The first-order chi connectivity index (χ1) is 6.56. The summed E-state index contributed by atoms with van der Waals surface area (Å²) in [4.78, 5) is 0. The first-order valence-corrected chi connectivity index (χ1v) is 5.89. The topological polar surface area (TPSA) is 21.3 Å². The summed E-state index contributed by atoms with van der Waals surface area (Å²) in [6.07, 6.45) is 4.86. The molecule has 0 aliphatic heterocycles. The second-order valence-corrected chi connectivity index (χ2v) is 4.85. The SMILES string of the molecule is CCCOCCCCCNC(C)(C)C. The van der Waals surface area contributed by atoms with Gasteiger partial charge >= 0.3 is 0 Å². The molecule has 0 spiro atoms. The average molecular weight is 201 g/mol. The Bertz CT molecular complexity index is 118. The molecule has 0 radical (unpaired) electrons. The predicted octanol–water partition coefficient (Wildman–Crippen LogP) is 2.97. The third-order valence-corrected chi connectivity index (χ3v) is 1.97. The van der Waals surface area contributed by atoms with Crippen LogP contribution in [0.15, 0.2) is 0 Å². The van der Waals surface area contributed by atoms with Gasteiger partial charge in [-0.2, -0.15) is 0 Å². The van der Waals surface area contributed by atoms with Crippen molar-refractivity contribution in [2.75, 3.05) is 19.8 Å². The second kappa shape index (κ2) is 8.25. The van der Waals surface area contributed by atoms with Crippen molar-refractivity contribution in [3.63, 3.8) is 0 Å². The highest BCUT2D eigenvalue weighted by atomic mass is 16.5. The standard InChI is InChI=1S/C12H27NO/c1-5-10-14-11-8-6-7-9-13-12(2,3)4/h13H,5-11H2,1-4H3. The van der Waals surface area contributed by atoms with Crippen LogP contribution < -0.4 is 5.32 Å². The van der Waals surface area contributed by atoms with Crippen molar-refractivity contribution in [1.29, 1.82) is 0 Å². The molecule has 0 amide bonds. The second-order valence-electron chi connectivity index (χ2n) is 4.85. The van der Waals surface area contributed by atoms with E-state index in [1.54, 1.807) is 0 Å². The van der Waals surface area contributed by atoms with Crippen LogP contribution in [0.1, 0.15) is 53.4 Å². The van der Waals surface area contributed by atoms with E-state index in [0.29, 0.717) is 0 Å². The Morgan fingerprint density at radius 2 is 1.71 bits per heavy atom. The Hall–Kier alpha value is -0.0800. The molecule has 0 saturated carbocycles. The van der Waals surface area contributed by atoms with Gasteiger partial charge in [-0.05, 0) is 53.0 Å². The predicted molar refractivity (Wildman–Crippen MR) is 62.7 cm³/mol. The first-order valence-electron chi connectivity index (χ1n) is 5.89. The van der Waals surface area contributed by atoms with E-state index in [1.165, 1.54) is 19.3 Å². The summed E-state index contributed by atoms with van der Waals surface area (Å²) in [5, 5.41) is 3.48. The van der Waals surface area contributed by atoms with Gasteiger partial charge in [0, 0.05) is 18.8 Å². The van der Waals surface area contributed by atoms with Crippen molar-refractivity contribution < 1.29 is 4.74 Å². The molecule has 0 unspecified atom stereocenters. The molecule has 1 N–H and O–H groups in total. The average Bonchev–Trinajstić information content (AvgIpc) is 2.08. The molecule has 0 bridgehead atoms. The molecule has 0 heterocycles. The maximum atomic E-state index is 5.41. The van der Waals surface area contributed by atoms with Crippen LogP contribution in [0.5, 0.6) is 0 Å². The van der Waals surface area contributed by atoms with Crippen LogP contribution >= 0.6 is 0 Å². The van der Waals surface area contributed by atoms with Gasteiger partial charge in [0.1, 0.15) is 0 Å². The largest absolute Gasteiger partial charge is 0.381 e. The quantitative estimate of drug-likeness (QED) is 0.610. The minimum Gasteiger partial charge on any atom is -0.381 e. The zero-order chi connectivity index (χ0) is 10.9. The van der Waals surface area contributed by atoms with Crippen molar-refractivity contribution in [2.24, 2.45) is 0 Å². The van der Waals surface area contributed by atoms with E-state index in [0.717, 1.165) is 26.2 Å². The lowest BCUT2D eigenvalue weighted by Gasteiger charge is -2.20. The van der Waals surface area contributed by atoms with E-state index in [4.69, 9.17) is 4.74 Å². The molecule has 14 heavy (non-hydrogen) atoms. The maximum absolute atomic E-state index is 5.41. The summed E-state index contributed by atoms with van der Waals surface area (Å²) in [6, 6.07) is 0. The highest BCUT2D eigenvalue weighted by molar-refractivity contribution is 4.69. The van der Waals surface area contributed by atoms with Crippen molar-refractivity contribution in [3.8, 4) is 0 Å². The molecule has 2 nitrogen and oxygen atoms in total. The fraction of sp³-hybridized carbons (Fsp3) is 1.00. The van der Waals surface area contributed by atoms with Crippen molar-refractivity contribution in [3.05, 3.63) is 0 Å².